The van der Waals surface area contributed by atoms with Gasteiger partial charge in [0.15, 0.2) is 0 Å². The van der Waals surface area contributed by atoms with E-state index in [1.807, 2.05) is 0 Å². The van der Waals surface area contributed by atoms with Gasteiger partial charge in [0.05, 0.1) is 12.9 Å². The van der Waals surface area contributed by atoms with Gasteiger partial charge in [-0.1, -0.05) is 0 Å². The first kappa shape index (κ1) is 14.8. The molecular weight excluding hydrogens is 254 g/mol. The quantitative estimate of drug-likeness (QED) is 0.806. The molecule has 6 heteroatoms. The van der Waals surface area contributed by atoms with Gasteiger partial charge in [0, 0.05) is 24.4 Å². The highest BCUT2D eigenvalue weighted by molar-refractivity contribution is 7.90. The number of benzene rings is 1. The zero-order chi connectivity index (χ0) is 13.8. The molecule has 102 valence electrons. The van der Waals surface area contributed by atoms with Gasteiger partial charge in [-0.25, -0.2) is 8.42 Å². The van der Waals surface area contributed by atoms with Gasteiger partial charge in [0.2, 0.25) is 0 Å². The van der Waals surface area contributed by atoms with Crippen molar-refractivity contribution in [1.82, 2.24) is 5.32 Å². The molecule has 0 aliphatic heterocycles. The fourth-order valence-corrected chi connectivity index (χ4v) is 2.65. The normalized spacial score (nSPS) is 13.3. The number of methoxy groups -OCH3 is 1. The predicted octanol–water partition coefficient (Wildman–Crippen LogP) is 0.923. The largest absolute Gasteiger partial charge is 0.508 e. The average Bonchev–Trinajstić information content (AvgIpc) is 2.25. The van der Waals surface area contributed by atoms with Crippen LogP contribution in [0.3, 0.4) is 0 Å². The highest BCUT2D eigenvalue weighted by Crippen LogP contribution is 2.22. The molecule has 1 atom stereocenters. The molecule has 0 heterocycles. The maximum Gasteiger partial charge on any atom is 0.148 e. The molecule has 1 aromatic rings. The topological polar surface area (TPSA) is 75.6 Å². The summed E-state index contributed by atoms with van der Waals surface area (Å²) in [6.07, 6.45) is 1.20. The van der Waals surface area contributed by atoms with Crippen molar-refractivity contribution in [3.05, 3.63) is 23.8 Å². The molecule has 0 bridgehead atoms. The van der Waals surface area contributed by atoms with Gasteiger partial charge >= 0.3 is 0 Å². The van der Waals surface area contributed by atoms with Crippen LogP contribution in [0.15, 0.2) is 18.2 Å². The van der Waals surface area contributed by atoms with E-state index in [4.69, 9.17) is 4.74 Å². The Balaban J connectivity index is 2.63. The Morgan fingerprint density at radius 1 is 1.44 bits per heavy atom. The molecule has 18 heavy (non-hydrogen) atoms. The summed E-state index contributed by atoms with van der Waals surface area (Å²) in [7, 11) is -1.45. The molecule has 0 spiro atoms. The highest BCUT2D eigenvalue weighted by atomic mass is 32.2. The van der Waals surface area contributed by atoms with Crippen molar-refractivity contribution in [2.45, 2.75) is 19.5 Å². The SMILES string of the molecule is COc1ccc(O)c(CNC(C)CS(C)(=O)=O)c1. The van der Waals surface area contributed by atoms with E-state index in [1.54, 1.807) is 32.2 Å². The van der Waals surface area contributed by atoms with Gasteiger partial charge in [0.25, 0.3) is 0 Å². The van der Waals surface area contributed by atoms with Crippen molar-refractivity contribution < 1.29 is 18.3 Å². The number of hydrogen-bond acceptors (Lipinski definition) is 5. The lowest BCUT2D eigenvalue weighted by Crippen LogP contribution is -2.32. The Labute approximate surface area is 108 Å². The van der Waals surface area contributed by atoms with Crippen molar-refractivity contribution in [3.63, 3.8) is 0 Å². The van der Waals surface area contributed by atoms with Crippen molar-refractivity contribution in [1.29, 1.82) is 0 Å². The predicted molar refractivity (Wildman–Crippen MR) is 70.7 cm³/mol. The van der Waals surface area contributed by atoms with E-state index in [0.29, 0.717) is 17.9 Å². The minimum atomic E-state index is -3.00. The molecule has 2 N–H and O–H groups in total. The summed E-state index contributed by atoms with van der Waals surface area (Å²) >= 11 is 0. The van der Waals surface area contributed by atoms with Gasteiger partial charge in [-0.3, -0.25) is 0 Å². The maximum atomic E-state index is 11.1. The van der Waals surface area contributed by atoms with Crippen LogP contribution in [-0.2, 0) is 16.4 Å². The maximum absolute atomic E-state index is 11.1. The van der Waals surface area contributed by atoms with Crippen LogP contribution in [0.1, 0.15) is 12.5 Å². The van der Waals surface area contributed by atoms with E-state index in [2.05, 4.69) is 5.32 Å². The Kier molecular flexibility index (Phi) is 4.98. The minimum absolute atomic E-state index is 0.0672. The molecule has 0 saturated carbocycles. The summed E-state index contributed by atoms with van der Waals surface area (Å²) in [5.41, 5.74) is 0.676. The summed E-state index contributed by atoms with van der Waals surface area (Å²) in [5.74, 6) is 0.882. The number of ether oxygens (including phenoxy) is 1. The second-order valence-electron chi connectivity index (χ2n) is 4.37. The van der Waals surface area contributed by atoms with E-state index in [-0.39, 0.29) is 17.5 Å². The fourth-order valence-electron chi connectivity index (χ4n) is 1.63. The summed E-state index contributed by atoms with van der Waals surface area (Å²) in [6, 6.07) is 4.76. The second kappa shape index (κ2) is 6.06. The summed E-state index contributed by atoms with van der Waals surface area (Å²) in [5, 5.41) is 12.7. The number of nitrogens with one attached hydrogen (secondary N) is 1. The lowest BCUT2D eigenvalue weighted by Gasteiger charge is -2.14. The first-order chi connectivity index (χ1) is 8.31. The molecule has 0 aliphatic carbocycles. The molecule has 1 aromatic carbocycles. The van der Waals surface area contributed by atoms with Crippen LogP contribution >= 0.6 is 0 Å². The van der Waals surface area contributed by atoms with Crippen LogP contribution in [0, 0.1) is 0 Å². The molecule has 5 nitrogen and oxygen atoms in total. The lowest BCUT2D eigenvalue weighted by atomic mass is 10.2. The Morgan fingerprint density at radius 2 is 2.11 bits per heavy atom. The average molecular weight is 273 g/mol. The number of aromatic hydroxyl groups is 1. The van der Waals surface area contributed by atoms with Crippen molar-refractivity contribution in [2.24, 2.45) is 0 Å². The van der Waals surface area contributed by atoms with Gasteiger partial charge in [-0.05, 0) is 25.1 Å². The van der Waals surface area contributed by atoms with Gasteiger partial charge in [-0.15, -0.1) is 0 Å². The minimum Gasteiger partial charge on any atom is -0.508 e. The molecule has 0 aliphatic rings. The molecule has 1 rings (SSSR count). The number of sulfone groups is 1. The van der Waals surface area contributed by atoms with Crippen LogP contribution in [-0.4, -0.2) is 38.7 Å². The van der Waals surface area contributed by atoms with Crippen LogP contribution in [0.4, 0.5) is 0 Å². The van der Waals surface area contributed by atoms with Crippen LogP contribution in [0.5, 0.6) is 11.5 Å². The number of rotatable bonds is 6. The lowest BCUT2D eigenvalue weighted by molar-refractivity contribution is 0.409. The Bertz CT molecular complexity index is 499. The van der Waals surface area contributed by atoms with Gasteiger partial charge < -0.3 is 15.2 Å². The standard InChI is InChI=1S/C12H19NO4S/c1-9(8-18(3,15)16)13-7-10-6-11(17-2)4-5-12(10)14/h4-6,9,13-14H,7-8H2,1-3H3. The van der Waals surface area contributed by atoms with E-state index < -0.39 is 9.84 Å². The molecule has 0 saturated heterocycles. The summed E-state index contributed by atoms with van der Waals surface area (Å²) in [6.45, 7) is 2.18. The van der Waals surface area contributed by atoms with E-state index >= 15 is 0 Å². The van der Waals surface area contributed by atoms with E-state index in [0.717, 1.165) is 0 Å². The third kappa shape index (κ3) is 4.93. The second-order valence-corrected chi connectivity index (χ2v) is 6.55. The Morgan fingerprint density at radius 3 is 2.67 bits per heavy atom. The molecule has 1 unspecified atom stereocenters. The highest BCUT2D eigenvalue weighted by Gasteiger charge is 2.11. The van der Waals surface area contributed by atoms with Crippen molar-refractivity contribution in [2.75, 3.05) is 19.1 Å². The molecule has 0 radical (unpaired) electrons. The smallest absolute Gasteiger partial charge is 0.148 e. The van der Waals surface area contributed by atoms with Gasteiger partial charge in [-0.2, -0.15) is 0 Å². The number of phenols is 1. The Hall–Kier alpha value is -1.27. The number of phenolic OH excluding ortho intramolecular Hbond substituents is 1. The summed E-state index contributed by atoms with van der Waals surface area (Å²) in [4.78, 5) is 0. The molecule has 0 amide bonds. The third-order valence-corrected chi connectivity index (χ3v) is 3.59. The molecular formula is C12H19NO4S. The van der Waals surface area contributed by atoms with Crippen LogP contribution in [0.2, 0.25) is 0 Å². The molecule has 0 aromatic heterocycles. The first-order valence-corrected chi connectivity index (χ1v) is 7.65. The fraction of sp³-hybridized carbons (Fsp3) is 0.500. The third-order valence-electron chi connectivity index (χ3n) is 2.48. The van der Waals surface area contributed by atoms with E-state index in [9.17, 15) is 13.5 Å². The van der Waals surface area contributed by atoms with Gasteiger partial charge in [0.1, 0.15) is 21.3 Å². The zero-order valence-corrected chi connectivity index (χ0v) is 11.6. The first-order valence-electron chi connectivity index (χ1n) is 5.59. The van der Waals surface area contributed by atoms with Crippen LogP contribution in [0.25, 0.3) is 0 Å². The van der Waals surface area contributed by atoms with Crippen molar-refractivity contribution in [3.8, 4) is 11.5 Å². The van der Waals surface area contributed by atoms with E-state index in [1.165, 1.54) is 6.26 Å². The van der Waals surface area contributed by atoms with Crippen molar-refractivity contribution >= 4 is 9.84 Å². The molecule has 0 fully saturated rings. The zero-order valence-electron chi connectivity index (χ0n) is 10.8. The van der Waals surface area contributed by atoms with Crippen LogP contribution < -0.4 is 10.1 Å². The number of hydrogen-bond donors (Lipinski definition) is 2. The summed E-state index contributed by atoms with van der Waals surface area (Å²) < 4.78 is 27.3. The monoisotopic (exact) mass is 273 g/mol.